The number of halogens is 4. The SMILES string of the molecule is N#Cc1ccc(-c2ccc(C[C@H](NC(=O)c3c(Cl)cc(F)cc3Cl)C(=O)O)c3cccnc23)c(Cl)c1. The van der Waals surface area contributed by atoms with Gasteiger partial charge in [0.25, 0.3) is 5.91 Å². The normalized spacial score (nSPS) is 11.6. The molecule has 36 heavy (non-hydrogen) atoms. The van der Waals surface area contributed by atoms with E-state index in [9.17, 15) is 19.1 Å². The minimum absolute atomic E-state index is 0.0823. The van der Waals surface area contributed by atoms with Crippen LogP contribution >= 0.6 is 34.8 Å². The number of hydrogen-bond donors (Lipinski definition) is 2. The van der Waals surface area contributed by atoms with Gasteiger partial charge in [0.1, 0.15) is 11.9 Å². The summed E-state index contributed by atoms with van der Waals surface area (Å²) in [5.74, 6) is -2.85. The average Bonchev–Trinajstić information content (AvgIpc) is 2.83. The lowest BCUT2D eigenvalue weighted by Crippen LogP contribution is -2.42. The second kappa shape index (κ2) is 10.5. The lowest BCUT2D eigenvalue weighted by molar-refractivity contribution is -0.139. The molecule has 0 unspecified atom stereocenters. The summed E-state index contributed by atoms with van der Waals surface area (Å²) in [4.78, 5) is 29.3. The van der Waals surface area contributed by atoms with Crippen molar-refractivity contribution in [3.05, 3.63) is 98.4 Å². The van der Waals surface area contributed by atoms with Crippen LogP contribution in [0.15, 0.2) is 60.8 Å². The lowest BCUT2D eigenvalue weighted by Gasteiger charge is -2.18. The molecule has 0 radical (unpaired) electrons. The first-order chi connectivity index (χ1) is 17.2. The molecule has 0 bridgehead atoms. The zero-order valence-corrected chi connectivity index (χ0v) is 20.5. The Morgan fingerprint density at radius 2 is 1.72 bits per heavy atom. The standard InChI is InChI=1S/C26H15Cl3FN3O3/c27-19-8-13(12-31)3-5-17(19)18-6-4-14(16-2-1-7-32-24(16)18)9-22(26(35)36)33-25(34)23-20(28)10-15(30)11-21(23)29/h1-8,10-11,22H,9H2,(H,33,34)(H,35,36)/t22-/m0/s1. The number of amides is 1. The van der Waals surface area contributed by atoms with Crippen LogP contribution in [0.25, 0.3) is 22.0 Å². The van der Waals surface area contributed by atoms with Crippen LogP contribution < -0.4 is 5.32 Å². The monoisotopic (exact) mass is 541 g/mol. The molecule has 0 fully saturated rings. The first kappa shape index (κ1) is 25.4. The summed E-state index contributed by atoms with van der Waals surface area (Å²) in [6.45, 7) is 0. The van der Waals surface area contributed by atoms with Crippen LogP contribution in [0.1, 0.15) is 21.5 Å². The number of nitriles is 1. The fourth-order valence-corrected chi connectivity index (χ4v) is 4.75. The molecule has 0 saturated heterocycles. The van der Waals surface area contributed by atoms with Gasteiger partial charge in [-0.25, -0.2) is 9.18 Å². The van der Waals surface area contributed by atoms with Gasteiger partial charge in [0.2, 0.25) is 0 Å². The summed E-state index contributed by atoms with van der Waals surface area (Å²) in [6.07, 6.45) is 1.52. The smallest absolute Gasteiger partial charge is 0.326 e. The molecule has 0 saturated carbocycles. The number of hydrogen-bond acceptors (Lipinski definition) is 4. The number of aromatic nitrogens is 1. The first-order valence-corrected chi connectivity index (χ1v) is 11.6. The van der Waals surface area contributed by atoms with Crippen LogP contribution in [0, 0.1) is 17.1 Å². The predicted molar refractivity (Wildman–Crippen MR) is 136 cm³/mol. The number of pyridine rings is 1. The number of carbonyl (C=O) groups is 2. The van der Waals surface area contributed by atoms with Crippen LogP contribution in [0.2, 0.25) is 15.1 Å². The molecule has 1 atom stereocenters. The molecule has 1 aromatic heterocycles. The zero-order valence-electron chi connectivity index (χ0n) is 18.2. The highest BCUT2D eigenvalue weighted by atomic mass is 35.5. The number of carboxylic acids is 1. The van der Waals surface area contributed by atoms with E-state index in [2.05, 4.69) is 10.3 Å². The van der Waals surface area contributed by atoms with E-state index >= 15 is 0 Å². The summed E-state index contributed by atoms with van der Waals surface area (Å²) in [5, 5.41) is 21.9. The van der Waals surface area contributed by atoms with Gasteiger partial charge in [-0.05, 0) is 35.9 Å². The van der Waals surface area contributed by atoms with Crippen molar-refractivity contribution in [2.75, 3.05) is 0 Å². The first-order valence-electron chi connectivity index (χ1n) is 10.4. The van der Waals surface area contributed by atoms with Crippen molar-refractivity contribution in [2.24, 2.45) is 0 Å². The molecular weight excluding hydrogens is 528 g/mol. The fourth-order valence-electron chi connectivity index (χ4n) is 3.84. The number of rotatable bonds is 6. The van der Waals surface area contributed by atoms with E-state index in [4.69, 9.17) is 40.1 Å². The Morgan fingerprint density at radius 3 is 2.36 bits per heavy atom. The van der Waals surface area contributed by atoms with Crippen molar-refractivity contribution >= 4 is 57.6 Å². The van der Waals surface area contributed by atoms with Gasteiger partial charge in [0, 0.05) is 34.2 Å². The summed E-state index contributed by atoms with van der Waals surface area (Å²) >= 11 is 18.3. The van der Waals surface area contributed by atoms with Crippen LogP contribution in [-0.4, -0.2) is 28.0 Å². The van der Waals surface area contributed by atoms with Crippen molar-refractivity contribution in [3.8, 4) is 17.2 Å². The number of nitrogens with zero attached hydrogens (tertiary/aromatic N) is 2. The molecule has 0 spiro atoms. The third-order valence-corrected chi connectivity index (χ3v) is 6.42. The molecule has 4 rings (SSSR count). The van der Waals surface area contributed by atoms with E-state index in [0.717, 1.165) is 12.1 Å². The van der Waals surface area contributed by atoms with Gasteiger partial charge in [0.05, 0.1) is 32.8 Å². The van der Waals surface area contributed by atoms with E-state index in [0.29, 0.717) is 38.2 Å². The van der Waals surface area contributed by atoms with Crippen molar-refractivity contribution in [2.45, 2.75) is 12.5 Å². The number of carboxylic acid groups (broad SMARTS) is 1. The van der Waals surface area contributed by atoms with Gasteiger partial charge in [-0.15, -0.1) is 0 Å². The summed E-state index contributed by atoms with van der Waals surface area (Å²) in [7, 11) is 0. The maximum atomic E-state index is 13.5. The second-order valence-electron chi connectivity index (χ2n) is 7.79. The van der Waals surface area contributed by atoms with Crippen molar-refractivity contribution in [1.82, 2.24) is 10.3 Å². The molecule has 0 aliphatic rings. The van der Waals surface area contributed by atoms with E-state index in [1.54, 1.807) is 48.7 Å². The summed E-state index contributed by atoms with van der Waals surface area (Å²) in [6, 6.07) is 14.4. The molecule has 10 heteroatoms. The van der Waals surface area contributed by atoms with Crippen LogP contribution in [0.4, 0.5) is 4.39 Å². The van der Waals surface area contributed by atoms with Crippen LogP contribution in [0.3, 0.4) is 0 Å². The highest BCUT2D eigenvalue weighted by Crippen LogP contribution is 2.35. The lowest BCUT2D eigenvalue weighted by atomic mass is 9.94. The Bertz CT molecular complexity index is 1550. The predicted octanol–water partition coefficient (Wildman–Crippen LogP) is 6.30. The summed E-state index contributed by atoms with van der Waals surface area (Å²) in [5.41, 5.74) is 2.74. The molecule has 4 aromatic rings. The number of benzene rings is 3. The third-order valence-electron chi connectivity index (χ3n) is 5.51. The molecule has 1 heterocycles. The number of nitrogens with one attached hydrogen (secondary N) is 1. The van der Waals surface area contributed by atoms with Gasteiger partial charge in [-0.3, -0.25) is 9.78 Å². The Kier molecular flexibility index (Phi) is 7.41. The Hall–Kier alpha value is -3.70. The van der Waals surface area contributed by atoms with E-state index in [1.165, 1.54) is 0 Å². The second-order valence-corrected chi connectivity index (χ2v) is 9.01. The van der Waals surface area contributed by atoms with Crippen molar-refractivity contribution < 1.29 is 19.1 Å². The van der Waals surface area contributed by atoms with Gasteiger partial charge in [0.15, 0.2) is 0 Å². The van der Waals surface area contributed by atoms with Crippen molar-refractivity contribution in [1.29, 1.82) is 5.26 Å². The molecular formula is C26H15Cl3FN3O3. The maximum absolute atomic E-state index is 13.5. The molecule has 0 aliphatic heterocycles. The van der Waals surface area contributed by atoms with Crippen LogP contribution in [0.5, 0.6) is 0 Å². The number of fused-ring (bicyclic) bond motifs is 1. The van der Waals surface area contributed by atoms with Crippen molar-refractivity contribution in [3.63, 3.8) is 0 Å². The molecule has 6 nitrogen and oxygen atoms in total. The largest absolute Gasteiger partial charge is 0.480 e. The maximum Gasteiger partial charge on any atom is 0.326 e. The topological polar surface area (TPSA) is 103 Å². The number of aliphatic carboxylic acids is 1. The highest BCUT2D eigenvalue weighted by Gasteiger charge is 2.25. The summed E-state index contributed by atoms with van der Waals surface area (Å²) < 4.78 is 13.5. The zero-order chi connectivity index (χ0) is 26.0. The van der Waals surface area contributed by atoms with E-state index in [-0.39, 0.29) is 22.0 Å². The van der Waals surface area contributed by atoms with E-state index < -0.39 is 23.7 Å². The van der Waals surface area contributed by atoms with Crippen LogP contribution in [-0.2, 0) is 11.2 Å². The molecule has 2 N–H and O–H groups in total. The quantitative estimate of drug-likeness (QED) is 0.298. The molecule has 0 aliphatic carbocycles. The van der Waals surface area contributed by atoms with Gasteiger partial charge >= 0.3 is 5.97 Å². The molecule has 1 amide bonds. The third kappa shape index (κ3) is 5.12. The van der Waals surface area contributed by atoms with Gasteiger partial charge in [-0.1, -0.05) is 59.1 Å². The average molecular weight is 543 g/mol. The minimum atomic E-state index is -1.34. The fraction of sp³-hybridized carbons (Fsp3) is 0.0769. The van der Waals surface area contributed by atoms with Gasteiger partial charge < -0.3 is 10.4 Å². The Labute approximate surface area is 219 Å². The van der Waals surface area contributed by atoms with E-state index in [1.807, 2.05) is 6.07 Å². The Balaban J connectivity index is 1.70. The minimum Gasteiger partial charge on any atom is -0.480 e. The molecule has 3 aromatic carbocycles. The highest BCUT2D eigenvalue weighted by molar-refractivity contribution is 6.39. The number of carbonyl (C=O) groups excluding carboxylic acids is 1. The molecule has 180 valence electrons. The Morgan fingerprint density at radius 1 is 1.03 bits per heavy atom. The van der Waals surface area contributed by atoms with Gasteiger partial charge in [-0.2, -0.15) is 5.26 Å².